The molecule has 1 aromatic heterocycles. The molecule has 1 fully saturated rings. The lowest BCUT2D eigenvalue weighted by Crippen LogP contribution is -2.26. The lowest BCUT2D eigenvalue weighted by atomic mass is 10.3. The van der Waals surface area contributed by atoms with Crippen LogP contribution in [-0.4, -0.2) is 21.8 Å². The third kappa shape index (κ3) is 1.71. The van der Waals surface area contributed by atoms with Crippen molar-refractivity contribution in [3.8, 4) is 0 Å². The number of H-pyrrole nitrogens is 1. The second kappa shape index (κ2) is 3.29. The monoisotopic (exact) mass is 215 g/mol. The van der Waals surface area contributed by atoms with Gasteiger partial charge in [-0.15, -0.1) is 0 Å². The first-order chi connectivity index (χ1) is 7.03. The summed E-state index contributed by atoms with van der Waals surface area (Å²) in [5, 5.41) is 2.44. The fourth-order valence-electron chi connectivity index (χ4n) is 1.56. The second-order valence-corrected chi connectivity index (χ2v) is 3.74. The van der Waals surface area contributed by atoms with Gasteiger partial charge in [-0.25, -0.2) is 13.8 Å². The Labute approximate surface area is 85.1 Å². The Hall–Kier alpha value is -1.46. The zero-order valence-electron chi connectivity index (χ0n) is 8.13. The molecule has 0 spiro atoms. The normalized spacial score (nSPS) is 27.4. The van der Waals surface area contributed by atoms with Gasteiger partial charge in [0.05, 0.1) is 18.6 Å². The Morgan fingerprint density at radius 2 is 2.40 bits per heavy atom. The zero-order valence-corrected chi connectivity index (χ0v) is 8.13. The summed E-state index contributed by atoms with van der Waals surface area (Å²) in [6.07, 6.45) is 3.00. The Morgan fingerprint density at radius 3 is 2.87 bits per heavy atom. The molecular formula is C9H11F2N3O. The summed E-state index contributed by atoms with van der Waals surface area (Å²) < 4.78 is 25.7. The van der Waals surface area contributed by atoms with Gasteiger partial charge in [-0.2, -0.15) is 0 Å². The van der Waals surface area contributed by atoms with Crippen LogP contribution >= 0.6 is 0 Å². The van der Waals surface area contributed by atoms with Crippen molar-refractivity contribution in [3.63, 3.8) is 0 Å². The maximum atomic E-state index is 12.8. The van der Waals surface area contributed by atoms with E-state index in [1.54, 1.807) is 0 Å². The van der Waals surface area contributed by atoms with Crippen LogP contribution in [0.5, 0.6) is 0 Å². The molecule has 6 heteroatoms. The number of amides is 1. The first-order valence-electron chi connectivity index (χ1n) is 4.66. The van der Waals surface area contributed by atoms with Crippen LogP contribution in [0.25, 0.3) is 0 Å². The summed E-state index contributed by atoms with van der Waals surface area (Å²) in [5.74, 6) is -5.44. The number of hydrogen-bond acceptors (Lipinski definition) is 2. The number of nitrogens with one attached hydrogen (secondary N) is 2. The number of carbonyl (C=O) groups is 1. The number of halogens is 2. The lowest BCUT2D eigenvalue weighted by molar-refractivity contribution is -0.124. The standard InChI is InChI=1S/C9H11F2N3O/c1-5-7(9(5,10)11)8(15)13-3-6-2-12-4-14-6/h2,4-5,7H,3H2,1H3,(H,12,14)(H,13,15)/t5-,7+/m1/s1. The summed E-state index contributed by atoms with van der Waals surface area (Å²) in [6, 6.07) is 0. The first-order valence-corrected chi connectivity index (χ1v) is 4.66. The molecule has 0 bridgehead atoms. The van der Waals surface area contributed by atoms with Crippen molar-refractivity contribution in [2.45, 2.75) is 19.4 Å². The summed E-state index contributed by atoms with van der Waals surface area (Å²) in [5.41, 5.74) is 0.694. The second-order valence-electron chi connectivity index (χ2n) is 3.74. The molecule has 2 N–H and O–H groups in total. The Kier molecular flexibility index (Phi) is 2.21. The minimum absolute atomic E-state index is 0.206. The minimum atomic E-state index is -2.84. The molecular weight excluding hydrogens is 204 g/mol. The highest BCUT2D eigenvalue weighted by Crippen LogP contribution is 2.54. The van der Waals surface area contributed by atoms with Crippen LogP contribution in [0.2, 0.25) is 0 Å². The summed E-state index contributed by atoms with van der Waals surface area (Å²) in [6.45, 7) is 1.58. The van der Waals surface area contributed by atoms with Crippen molar-refractivity contribution >= 4 is 5.91 Å². The van der Waals surface area contributed by atoms with Crippen molar-refractivity contribution in [1.29, 1.82) is 0 Å². The van der Waals surface area contributed by atoms with E-state index in [9.17, 15) is 13.6 Å². The molecule has 2 rings (SSSR count). The largest absolute Gasteiger partial charge is 0.350 e. The quantitative estimate of drug-likeness (QED) is 0.787. The molecule has 2 atom stereocenters. The van der Waals surface area contributed by atoms with Crippen molar-refractivity contribution in [2.24, 2.45) is 11.8 Å². The fraction of sp³-hybridized carbons (Fsp3) is 0.556. The van der Waals surface area contributed by atoms with Gasteiger partial charge in [0, 0.05) is 12.1 Å². The number of imidazole rings is 1. The van der Waals surface area contributed by atoms with Gasteiger partial charge in [-0.1, -0.05) is 6.92 Å². The summed E-state index contributed by atoms with van der Waals surface area (Å²) in [4.78, 5) is 17.8. The molecule has 1 aromatic rings. The predicted octanol–water partition coefficient (Wildman–Crippen LogP) is 0.927. The average Bonchev–Trinajstić information content (AvgIpc) is 2.60. The number of carbonyl (C=O) groups excluding carboxylic acids is 1. The van der Waals surface area contributed by atoms with E-state index >= 15 is 0 Å². The molecule has 1 saturated carbocycles. The average molecular weight is 215 g/mol. The molecule has 0 aliphatic heterocycles. The highest BCUT2D eigenvalue weighted by Gasteiger charge is 2.69. The molecule has 0 unspecified atom stereocenters. The highest BCUT2D eigenvalue weighted by atomic mass is 19.3. The fourth-order valence-corrected chi connectivity index (χ4v) is 1.56. The molecule has 1 heterocycles. The van der Waals surface area contributed by atoms with E-state index in [2.05, 4.69) is 15.3 Å². The number of alkyl halides is 2. The van der Waals surface area contributed by atoms with Crippen molar-refractivity contribution < 1.29 is 13.6 Å². The van der Waals surface area contributed by atoms with Gasteiger partial charge in [0.25, 0.3) is 5.92 Å². The Balaban J connectivity index is 1.85. The minimum Gasteiger partial charge on any atom is -0.350 e. The van der Waals surface area contributed by atoms with Crippen LogP contribution in [0.1, 0.15) is 12.6 Å². The van der Waals surface area contributed by atoms with Crippen LogP contribution in [0.4, 0.5) is 8.78 Å². The van der Waals surface area contributed by atoms with Crippen molar-refractivity contribution in [3.05, 3.63) is 18.2 Å². The van der Waals surface area contributed by atoms with Gasteiger partial charge in [0.15, 0.2) is 0 Å². The van der Waals surface area contributed by atoms with Gasteiger partial charge in [0.1, 0.15) is 5.92 Å². The van der Waals surface area contributed by atoms with E-state index in [0.29, 0.717) is 5.69 Å². The van der Waals surface area contributed by atoms with Crippen molar-refractivity contribution in [1.82, 2.24) is 15.3 Å². The molecule has 15 heavy (non-hydrogen) atoms. The van der Waals surface area contributed by atoms with Gasteiger partial charge in [-0.3, -0.25) is 4.79 Å². The van der Waals surface area contributed by atoms with Crippen LogP contribution in [0.15, 0.2) is 12.5 Å². The van der Waals surface area contributed by atoms with E-state index in [0.717, 1.165) is 0 Å². The Bertz CT molecular complexity index is 363. The number of hydrogen-bond donors (Lipinski definition) is 2. The maximum absolute atomic E-state index is 12.8. The summed E-state index contributed by atoms with van der Waals surface area (Å²) >= 11 is 0. The number of rotatable bonds is 3. The van der Waals surface area contributed by atoms with Crippen LogP contribution in [-0.2, 0) is 11.3 Å². The van der Waals surface area contributed by atoms with Crippen molar-refractivity contribution in [2.75, 3.05) is 0 Å². The van der Waals surface area contributed by atoms with E-state index < -0.39 is 23.7 Å². The predicted molar refractivity (Wildman–Crippen MR) is 48.0 cm³/mol. The molecule has 1 aliphatic carbocycles. The molecule has 82 valence electrons. The van der Waals surface area contributed by atoms with E-state index in [-0.39, 0.29) is 6.54 Å². The van der Waals surface area contributed by atoms with Gasteiger partial charge in [0.2, 0.25) is 5.91 Å². The van der Waals surface area contributed by atoms with Crippen LogP contribution < -0.4 is 5.32 Å². The number of nitrogens with zero attached hydrogens (tertiary/aromatic N) is 1. The zero-order chi connectivity index (χ0) is 11.1. The smallest absolute Gasteiger partial charge is 0.263 e. The van der Waals surface area contributed by atoms with Crippen LogP contribution in [0, 0.1) is 11.8 Å². The summed E-state index contributed by atoms with van der Waals surface area (Å²) in [7, 11) is 0. The molecule has 4 nitrogen and oxygen atoms in total. The molecule has 1 aliphatic rings. The molecule has 0 saturated heterocycles. The first kappa shape index (κ1) is 10.1. The Morgan fingerprint density at radius 1 is 1.73 bits per heavy atom. The van der Waals surface area contributed by atoms with Gasteiger partial charge < -0.3 is 10.3 Å². The topological polar surface area (TPSA) is 57.8 Å². The molecule has 0 radical (unpaired) electrons. The maximum Gasteiger partial charge on any atom is 0.263 e. The van der Waals surface area contributed by atoms with Gasteiger partial charge >= 0.3 is 0 Å². The van der Waals surface area contributed by atoms with E-state index in [4.69, 9.17) is 0 Å². The third-order valence-corrected chi connectivity index (χ3v) is 2.70. The SMILES string of the molecule is C[C@@H]1[C@@H](C(=O)NCc2cnc[nH]2)C1(F)F. The van der Waals surface area contributed by atoms with E-state index in [1.165, 1.54) is 19.4 Å². The van der Waals surface area contributed by atoms with Gasteiger partial charge in [-0.05, 0) is 0 Å². The number of aromatic nitrogens is 2. The third-order valence-electron chi connectivity index (χ3n) is 2.70. The number of aromatic amines is 1. The highest BCUT2D eigenvalue weighted by molar-refractivity contribution is 5.83. The van der Waals surface area contributed by atoms with E-state index in [1.807, 2.05) is 0 Å². The van der Waals surface area contributed by atoms with Crippen LogP contribution in [0.3, 0.4) is 0 Å². The lowest BCUT2D eigenvalue weighted by Gasteiger charge is -2.01. The molecule has 1 amide bonds. The molecule has 0 aromatic carbocycles.